The fourth-order valence-corrected chi connectivity index (χ4v) is 1.49. The minimum Gasteiger partial charge on any atom is -0.374 e. The van der Waals surface area contributed by atoms with Gasteiger partial charge in [-0.05, 0) is 32.7 Å². The standard InChI is InChI=1S/C9H19NO/c1-7(2)11-9-6-10-5-4-8(9)3/h7-10H,4-6H2,1-3H3. The van der Waals surface area contributed by atoms with Gasteiger partial charge in [-0.3, -0.25) is 0 Å². The Bertz CT molecular complexity index is 114. The van der Waals surface area contributed by atoms with Crippen molar-refractivity contribution >= 4 is 0 Å². The first-order valence-corrected chi connectivity index (χ1v) is 4.56. The lowest BCUT2D eigenvalue weighted by atomic mass is 9.97. The van der Waals surface area contributed by atoms with Gasteiger partial charge in [0, 0.05) is 6.54 Å². The lowest BCUT2D eigenvalue weighted by Crippen LogP contribution is -2.42. The lowest BCUT2D eigenvalue weighted by Gasteiger charge is -2.30. The van der Waals surface area contributed by atoms with Gasteiger partial charge in [0.15, 0.2) is 0 Å². The maximum absolute atomic E-state index is 5.74. The van der Waals surface area contributed by atoms with E-state index in [1.807, 2.05) is 0 Å². The van der Waals surface area contributed by atoms with Crippen molar-refractivity contribution in [1.82, 2.24) is 5.32 Å². The van der Waals surface area contributed by atoms with Gasteiger partial charge in [-0.1, -0.05) is 6.92 Å². The smallest absolute Gasteiger partial charge is 0.0728 e. The van der Waals surface area contributed by atoms with Crippen molar-refractivity contribution in [2.45, 2.75) is 39.4 Å². The molecule has 0 saturated carbocycles. The summed E-state index contributed by atoms with van der Waals surface area (Å²) in [6.07, 6.45) is 2.04. The van der Waals surface area contributed by atoms with Crippen LogP contribution in [0.15, 0.2) is 0 Å². The molecule has 1 rings (SSSR count). The summed E-state index contributed by atoms with van der Waals surface area (Å²) in [4.78, 5) is 0. The number of rotatable bonds is 2. The van der Waals surface area contributed by atoms with Crippen molar-refractivity contribution in [1.29, 1.82) is 0 Å². The minimum atomic E-state index is 0.363. The highest BCUT2D eigenvalue weighted by molar-refractivity contribution is 4.75. The second kappa shape index (κ2) is 4.07. The van der Waals surface area contributed by atoms with Crippen molar-refractivity contribution in [3.8, 4) is 0 Å². The molecule has 1 aliphatic heterocycles. The first-order valence-electron chi connectivity index (χ1n) is 4.56. The van der Waals surface area contributed by atoms with E-state index < -0.39 is 0 Å². The number of piperidine rings is 1. The molecule has 1 saturated heterocycles. The van der Waals surface area contributed by atoms with Crippen LogP contribution in [-0.2, 0) is 4.74 Å². The second-order valence-electron chi connectivity index (χ2n) is 3.69. The van der Waals surface area contributed by atoms with Crippen LogP contribution in [0, 0.1) is 5.92 Å². The second-order valence-corrected chi connectivity index (χ2v) is 3.69. The van der Waals surface area contributed by atoms with E-state index in [1.54, 1.807) is 0 Å². The molecule has 1 fully saturated rings. The van der Waals surface area contributed by atoms with Gasteiger partial charge in [-0.15, -0.1) is 0 Å². The fourth-order valence-electron chi connectivity index (χ4n) is 1.49. The van der Waals surface area contributed by atoms with Crippen LogP contribution in [-0.4, -0.2) is 25.3 Å². The highest BCUT2D eigenvalue weighted by atomic mass is 16.5. The third-order valence-electron chi connectivity index (χ3n) is 2.20. The van der Waals surface area contributed by atoms with E-state index in [0.717, 1.165) is 19.0 Å². The molecular weight excluding hydrogens is 138 g/mol. The average Bonchev–Trinajstić information content (AvgIpc) is 1.93. The van der Waals surface area contributed by atoms with Crippen LogP contribution in [0.5, 0.6) is 0 Å². The van der Waals surface area contributed by atoms with Gasteiger partial charge in [0.05, 0.1) is 12.2 Å². The molecule has 0 bridgehead atoms. The van der Waals surface area contributed by atoms with E-state index in [2.05, 4.69) is 26.1 Å². The van der Waals surface area contributed by atoms with Gasteiger partial charge in [0.25, 0.3) is 0 Å². The molecule has 2 nitrogen and oxygen atoms in total. The molecule has 0 aromatic carbocycles. The van der Waals surface area contributed by atoms with E-state index in [4.69, 9.17) is 4.74 Å². The van der Waals surface area contributed by atoms with Crippen LogP contribution in [0.25, 0.3) is 0 Å². The maximum Gasteiger partial charge on any atom is 0.0728 e. The van der Waals surface area contributed by atoms with E-state index in [1.165, 1.54) is 6.42 Å². The Kier molecular flexibility index (Phi) is 3.34. The van der Waals surface area contributed by atoms with E-state index in [-0.39, 0.29) is 0 Å². The molecule has 2 atom stereocenters. The van der Waals surface area contributed by atoms with E-state index in [9.17, 15) is 0 Å². The molecule has 0 amide bonds. The van der Waals surface area contributed by atoms with Crippen molar-refractivity contribution in [2.75, 3.05) is 13.1 Å². The van der Waals surface area contributed by atoms with Crippen LogP contribution >= 0.6 is 0 Å². The van der Waals surface area contributed by atoms with Gasteiger partial charge in [0.2, 0.25) is 0 Å². The van der Waals surface area contributed by atoms with Gasteiger partial charge < -0.3 is 10.1 Å². The zero-order chi connectivity index (χ0) is 8.27. The van der Waals surface area contributed by atoms with E-state index >= 15 is 0 Å². The summed E-state index contributed by atoms with van der Waals surface area (Å²) in [6, 6.07) is 0. The first kappa shape index (κ1) is 9.01. The molecule has 2 heteroatoms. The number of hydrogen-bond donors (Lipinski definition) is 1. The van der Waals surface area contributed by atoms with Crippen molar-refractivity contribution in [3.05, 3.63) is 0 Å². The van der Waals surface area contributed by atoms with Crippen LogP contribution in [0.2, 0.25) is 0 Å². The summed E-state index contributed by atoms with van der Waals surface area (Å²) in [5.41, 5.74) is 0. The van der Waals surface area contributed by atoms with E-state index in [0.29, 0.717) is 12.2 Å². The first-order chi connectivity index (χ1) is 5.20. The zero-order valence-corrected chi connectivity index (χ0v) is 7.76. The molecule has 0 aliphatic carbocycles. The maximum atomic E-state index is 5.74. The quantitative estimate of drug-likeness (QED) is 0.654. The Morgan fingerprint density at radius 1 is 1.45 bits per heavy atom. The highest BCUT2D eigenvalue weighted by Gasteiger charge is 2.21. The average molecular weight is 157 g/mol. The summed E-state index contributed by atoms with van der Waals surface area (Å²) in [6.45, 7) is 8.65. The molecule has 1 N–H and O–H groups in total. The minimum absolute atomic E-state index is 0.363. The monoisotopic (exact) mass is 157 g/mol. The molecule has 1 aliphatic rings. The van der Waals surface area contributed by atoms with Crippen LogP contribution < -0.4 is 5.32 Å². The van der Waals surface area contributed by atoms with Crippen molar-refractivity contribution in [3.63, 3.8) is 0 Å². The van der Waals surface area contributed by atoms with Gasteiger partial charge >= 0.3 is 0 Å². The summed E-state index contributed by atoms with van der Waals surface area (Å²) in [5, 5.41) is 3.35. The Morgan fingerprint density at radius 2 is 2.18 bits per heavy atom. The molecule has 2 unspecified atom stereocenters. The molecule has 0 aromatic rings. The van der Waals surface area contributed by atoms with Gasteiger partial charge in [0.1, 0.15) is 0 Å². The topological polar surface area (TPSA) is 21.3 Å². The van der Waals surface area contributed by atoms with Crippen LogP contribution in [0.3, 0.4) is 0 Å². The summed E-state index contributed by atoms with van der Waals surface area (Å²) in [5.74, 6) is 0.721. The van der Waals surface area contributed by atoms with Crippen molar-refractivity contribution < 1.29 is 4.74 Å². The molecule has 0 spiro atoms. The number of ether oxygens (including phenoxy) is 1. The highest BCUT2D eigenvalue weighted by Crippen LogP contribution is 2.15. The number of nitrogens with one attached hydrogen (secondary N) is 1. The molecule has 0 aromatic heterocycles. The zero-order valence-electron chi connectivity index (χ0n) is 7.76. The van der Waals surface area contributed by atoms with Crippen LogP contribution in [0.1, 0.15) is 27.2 Å². The van der Waals surface area contributed by atoms with Gasteiger partial charge in [-0.25, -0.2) is 0 Å². The van der Waals surface area contributed by atoms with Crippen LogP contribution in [0.4, 0.5) is 0 Å². The normalized spacial score (nSPS) is 32.7. The third kappa shape index (κ3) is 2.80. The predicted octanol–water partition coefficient (Wildman–Crippen LogP) is 1.41. The lowest BCUT2D eigenvalue weighted by molar-refractivity contribution is -0.0320. The molecule has 11 heavy (non-hydrogen) atoms. The summed E-state index contributed by atoms with van der Waals surface area (Å²) in [7, 11) is 0. The number of hydrogen-bond acceptors (Lipinski definition) is 2. The Balaban J connectivity index is 2.29. The predicted molar refractivity (Wildman–Crippen MR) is 46.7 cm³/mol. The Hall–Kier alpha value is -0.0800. The summed E-state index contributed by atoms with van der Waals surface area (Å²) >= 11 is 0. The fraction of sp³-hybridized carbons (Fsp3) is 1.00. The van der Waals surface area contributed by atoms with Gasteiger partial charge in [-0.2, -0.15) is 0 Å². The molecular formula is C9H19NO. The Morgan fingerprint density at radius 3 is 2.73 bits per heavy atom. The molecule has 1 heterocycles. The van der Waals surface area contributed by atoms with Crippen molar-refractivity contribution in [2.24, 2.45) is 5.92 Å². The largest absolute Gasteiger partial charge is 0.374 e. The SMILES string of the molecule is CC(C)OC1CNCCC1C. The summed E-state index contributed by atoms with van der Waals surface area (Å²) < 4.78 is 5.74. The molecule has 66 valence electrons. The molecule has 0 radical (unpaired) electrons. The Labute approximate surface area is 69.3 Å². The third-order valence-corrected chi connectivity index (χ3v) is 2.20.